The average Bonchev–Trinajstić information content (AvgIpc) is 2.25. The fourth-order valence-corrected chi connectivity index (χ4v) is 1.41. The number of carbonyl (C=O) groups is 1. The van der Waals surface area contributed by atoms with Gasteiger partial charge in [-0.25, -0.2) is 4.99 Å². The van der Waals surface area contributed by atoms with Crippen molar-refractivity contribution < 1.29 is 14.3 Å². The maximum atomic E-state index is 11.4. The molecule has 2 N–H and O–H groups in total. The van der Waals surface area contributed by atoms with Crippen LogP contribution in [0, 0.1) is 0 Å². The minimum absolute atomic E-state index is 0.0412. The van der Waals surface area contributed by atoms with E-state index in [-0.39, 0.29) is 12.5 Å². The summed E-state index contributed by atoms with van der Waals surface area (Å²) < 4.78 is 10.3. The van der Waals surface area contributed by atoms with Crippen molar-refractivity contribution in [2.45, 2.75) is 26.4 Å². The largest absolute Gasteiger partial charge is 0.459 e. The van der Waals surface area contributed by atoms with Crippen LogP contribution in [0.3, 0.4) is 0 Å². The predicted octanol–water partition coefficient (Wildman–Crippen LogP) is -0.0250. The standard InChI is InChI=1S/C11H21N3O3/c1-11(2,3)17-9(15)8-13-10(12)14-4-6-16-7-5-14/h4-8H2,1-3H3,(H2,12,13). The van der Waals surface area contributed by atoms with Crippen molar-refractivity contribution in [1.29, 1.82) is 0 Å². The maximum absolute atomic E-state index is 11.4. The number of hydrogen-bond donors (Lipinski definition) is 1. The zero-order chi connectivity index (χ0) is 12.9. The van der Waals surface area contributed by atoms with Crippen LogP contribution in [0.25, 0.3) is 0 Å². The Morgan fingerprint density at radius 3 is 2.53 bits per heavy atom. The fraction of sp³-hybridized carbons (Fsp3) is 0.818. The second kappa shape index (κ2) is 5.86. The van der Waals surface area contributed by atoms with Gasteiger partial charge in [-0.1, -0.05) is 0 Å². The summed E-state index contributed by atoms with van der Waals surface area (Å²) in [4.78, 5) is 17.3. The highest BCUT2D eigenvalue weighted by Gasteiger charge is 2.17. The first-order valence-electron chi connectivity index (χ1n) is 5.73. The third-order valence-corrected chi connectivity index (χ3v) is 2.13. The Hall–Kier alpha value is -1.30. The summed E-state index contributed by atoms with van der Waals surface area (Å²) in [6.07, 6.45) is 0. The smallest absolute Gasteiger partial charge is 0.328 e. The van der Waals surface area contributed by atoms with Gasteiger partial charge in [0.1, 0.15) is 12.1 Å². The first-order valence-corrected chi connectivity index (χ1v) is 5.73. The molecule has 0 aromatic heterocycles. The van der Waals surface area contributed by atoms with Crippen LogP contribution in [0.5, 0.6) is 0 Å². The molecule has 1 saturated heterocycles. The second-order valence-electron chi connectivity index (χ2n) is 4.86. The molecule has 17 heavy (non-hydrogen) atoms. The topological polar surface area (TPSA) is 77.1 Å². The molecule has 1 aliphatic rings. The molecule has 1 aliphatic heterocycles. The predicted molar refractivity (Wildman–Crippen MR) is 64.7 cm³/mol. The lowest BCUT2D eigenvalue weighted by molar-refractivity contribution is -0.152. The van der Waals surface area contributed by atoms with E-state index in [9.17, 15) is 4.79 Å². The van der Waals surface area contributed by atoms with Crippen LogP contribution in [-0.4, -0.2) is 55.3 Å². The number of carbonyl (C=O) groups excluding carboxylic acids is 1. The summed E-state index contributed by atoms with van der Waals surface area (Å²) >= 11 is 0. The van der Waals surface area contributed by atoms with E-state index in [1.165, 1.54) is 0 Å². The first kappa shape index (κ1) is 13.8. The Labute approximate surface area is 102 Å². The molecule has 0 spiro atoms. The van der Waals surface area contributed by atoms with Crippen molar-refractivity contribution in [1.82, 2.24) is 4.90 Å². The summed E-state index contributed by atoms with van der Waals surface area (Å²) in [6, 6.07) is 0. The molecule has 0 aromatic carbocycles. The zero-order valence-corrected chi connectivity index (χ0v) is 10.7. The van der Waals surface area contributed by atoms with Gasteiger partial charge in [-0.05, 0) is 20.8 Å². The number of hydrogen-bond acceptors (Lipinski definition) is 4. The highest BCUT2D eigenvalue weighted by atomic mass is 16.6. The van der Waals surface area contributed by atoms with Crippen LogP contribution < -0.4 is 5.73 Å². The lowest BCUT2D eigenvalue weighted by atomic mass is 10.2. The van der Waals surface area contributed by atoms with Crippen molar-refractivity contribution in [3.05, 3.63) is 0 Å². The van der Waals surface area contributed by atoms with Crippen molar-refractivity contribution in [2.24, 2.45) is 10.7 Å². The normalized spacial score (nSPS) is 18.1. The van der Waals surface area contributed by atoms with Crippen LogP contribution in [0.15, 0.2) is 4.99 Å². The molecular formula is C11H21N3O3. The monoisotopic (exact) mass is 243 g/mol. The van der Waals surface area contributed by atoms with Gasteiger partial charge in [0.2, 0.25) is 0 Å². The molecule has 0 aromatic rings. The molecule has 0 unspecified atom stereocenters. The lowest BCUT2D eigenvalue weighted by Crippen LogP contribution is -2.45. The van der Waals surface area contributed by atoms with E-state index in [0.29, 0.717) is 32.3 Å². The average molecular weight is 243 g/mol. The Kier molecular flexibility index (Phi) is 4.74. The van der Waals surface area contributed by atoms with Crippen LogP contribution >= 0.6 is 0 Å². The molecule has 6 nitrogen and oxygen atoms in total. The van der Waals surface area contributed by atoms with E-state index in [4.69, 9.17) is 15.2 Å². The molecule has 98 valence electrons. The maximum Gasteiger partial charge on any atom is 0.328 e. The number of aliphatic imine (C=N–C) groups is 1. The summed E-state index contributed by atoms with van der Waals surface area (Å²) in [5.74, 6) is 0.00729. The number of nitrogens with zero attached hydrogens (tertiary/aromatic N) is 2. The quantitative estimate of drug-likeness (QED) is 0.419. The van der Waals surface area contributed by atoms with Crippen LogP contribution in [0.4, 0.5) is 0 Å². The summed E-state index contributed by atoms with van der Waals surface area (Å²) in [5.41, 5.74) is 5.29. The molecule has 0 atom stereocenters. The molecule has 0 radical (unpaired) electrons. The van der Waals surface area contributed by atoms with Crippen molar-refractivity contribution >= 4 is 11.9 Å². The van der Waals surface area contributed by atoms with E-state index in [1.807, 2.05) is 25.7 Å². The Morgan fingerprint density at radius 2 is 2.00 bits per heavy atom. The van der Waals surface area contributed by atoms with E-state index >= 15 is 0 Å². The number of guanidine groups is 1. The van der Waals surface area contributed by atoms with Gasteiger partial charge in [0.25, 0.3) is 0 Å². The summed E-state index contributed by atoms with van der Waals surface area (Å²) in [5, 5.41) is 0. The minimum Gasteiger partial charge on any atom is -0.459 e. The van der Waals surface area contributed by atoms with Crippen molar-refractivity contribution in [3.63, 3.8) is 0 Å². The van der Waals surface area contributed by atoms with E-state index < -0.39 is 5.60 Å². The molecule has 6 heteroatoms. The molecule has 0 bridgehead atoms. The number of morpholine rings is 1. The Balaban J connectivity index is 2.38. The van der Waals surface area contributed by atoms with Gasteiger partial charge in [-0.2, -0.15) is 0 Å². The number of esters is 1. The van der Waals surface area contributed by atoms with E-state index in [2.05, 4.69) is 4.99 Å². The lowest BCUT2D eigenvalue weighted by Gasteiger charge is -2.27. The summed E-state index contributed by atoms with van der Waals surface area (Å²) in [6.45, 7) is 8.12. The van der Waals surface area contributed by atoms with E-state index in [1.54, 1.807) is 0 Å². The first-order chi connectivity index (χ1) is 7.88. The highest BCUT2D eigenvalue weighted by Crippen LogP contribution is 2.06. The zero-order valence-electron chi connectivity index (χ0n) is 10.7. The van der Waals surface area contributed by atoms with Crippen molar-refractivity contribution in [3.8, 4) is 0 Å². The molecule has 0 saturated carbocycles. The minimum atomic E-state index is -0.486. The van der Waals surface area contributed by atoms with Gasteiger partial charge in [0, 0.05) is 13.1 Å². The van der Waals surface area contributed by atoms with Gasteiger partial charge in [0.15, 0.2) is 5.96 Å². The summed E-state index contributed by atoms with van der Waals surface area (Å²) in [7, 11) is 0. The third-order valence-electron chi connectivity index (χ3n) is 2.13. The second-order valence-corrected chi connectivity index (χ2v) is 4.86. The van der Waals surface area contributed by atoms with Crippen LogP contribution in [-0.2, 0) is 14.3 Å². The van der Waals surface area contributed by atoms with Gasteiger partial charge < -0.3 is 20.1 Å². The highest BCUT2D eigenvalue weighted by molar-refractivity contribution is 5.81. The third kappa shape index (κ3) is 5.53. The van der Waals surface area contributed by atoms with Gasteiger partial charge >= 0.3 is 5.97 Å². The molecule has 1 heterocycles. The number of rotatable bonds is 2. The van der Waals surface area contributed by atoms with Gasteiger partial charge in [-0.3, -0.25) is 4.79 Å². The van der Waals surface area contributed by atoms with Crippen LogP contribution in [0.2, 0.25) is 0 Å². The van der Waals surface area contributed by atoms with E-state index in [0.717, 1.165) is 0 Å². The SMILES string of the molecule is CC(C)(C)OC(=O)CN=C(N)N1CCOCC1. The van der Waals surface area contributed by atoms with Crippen LogP contribution in [0.1, 0.15) is 20.8 Å². The molecule has 1 rings (SSSR count). The molecule has 0 amide bonds. The Morgan fingerprint density at radius 1 is 1.41 bits per heavy atom. The number of nitrogens with two attached hydrogens (primary N) is 1. The molecule has 1 fully saturated rings. The fourth-order valence-electron chi connectivity index (χ4n) is 1.41. The molecule has 0 aliphatic carbocycles. The molecular weight excluding hydrogens is 222 g/mol. The van der Waals surface area contributed by atoms with Crippen molar-refractivity contribution in [2.75, 3.05) is 32.8 Å². The van der Waals surface area contributed by atoms with Gasteiger partial charge in [0.05, 0.1) is 13.2 Å². The number of ether oxygens (including phenoxy) is 2. The van der Waals surface area contributed by atoms with Gasteiger partial charge in [-0.15, -0.1) is 0 Å². The Bertz CT molecular complexity index is 291.